The highest BCUT2D eigenvalue weighted by atomic mass is 28.4. The molecule has 0 bridgehead atoms. The van der Waals surface area contributed by atoms with Gasteiger partial charge in [0.25, 0.3) is 0 Å². The van der Waals surface area contributed by atoms with E-state index in [0.29, 0.717) is 0 Å². The lowest BCUT2D eigenvalue weighted by Crippen LogP contribution is -2.45. The third-order valence-electron chi connectivity index (χ3n) is 6.25. The van der Waals surface area contributed by atoms with Gasteiger partial charge in [-0.1, -0.05) is 20.8 Å². The SMILES string of the molecule is CCN(C)CCC(CCN(C)CC)(CCN(C)CC)C[Si](C)(OC)OC. The van der Waals surface area contributed by atoms with Gasteiger partial charge in [-0.05, 0) is 97.7 Å². The first-order chi connectivity index (χ1) is 12.2. The van der Waals surface area contributed by atoms with E-state index in [1.165, 1.54) is 19.3 Å². The zero-order valence-corrected chi connectivity index (χ0v) is 20.2. The topological polar surface area (TPSA) is 28.2 Å². The van der Waals surface area contributed by atoms with Gasteiger partial charge in [-0.2, -0.15) is 0 Å². The van der Waals surface area contributed by atoms with Crippen LogP contribution in [-0.2, 0) is 8.85 Å². The third kappa shape index (κ3) is 9.81. The summed E-state index contributed by atoms with van der Waals surface area (Å²) in [7, 11) is 8.20. The first-order valence-electron chi connectivity index (χ1n) is 10.4. The molecule has 0 aromatic rings. The van der Waals surface area contributed by atoms with Crippen LogP contribution in [0.4, 0.5) is 0 Å². The minimum Gasteiger partial charge on any atom is -0.398 e. The summed E-state index contributed by atoms with van der Waals surface area (Å²) >= 11 is 0. The molecule has 0 unspecified atom stereocenters. The number of rotatable bonds is 16. The van der Waals surface area contributed by atoms with Crippen molar-refractivity contribution in [1.29, 1.82) is 0 Å². The van der Waals surface area contributed by atoms with Crippen molar-refractivity contribution in [2.24, 2.45) is 5.41 Å². The van der Waals surface area contributed by atoms with Gasteiger partial charge in [-0.25, -0.2) is 0 Å². The molecule has 0 aliphatic carbocycles. The lowest BCUT2D eigenvalue weighted by atomic mass is 9.79. The Labute approximate surface area is 165 Å². The fourth-order valence-corrected chi connectivity index (χ4v) is 5.66. The summed E-state index contributed by atoms with van der Waals surface area (Å²) in [6.07, 6.45) is 3.63. The summed E-state index contributed by atoms with van der Waals surface area (Å²) in [5, 5.41) is 0. The molecule has 0 rings (SSSR count). The standard InChI is InChI=1S/C20H47N3O2Si/c1-10-21(4)16-13-20(14-17-22(5)11-2,15-18-23(6)12-3)19-26(9,24-7)25-8/h10-19H2,1-9H3. The fraction of sp³-hybridized carbons (Fsp3) is 1.00. The van der Waals surface area contributed by atoms with E-state index in [-0.39, 0.29) is 5.41 Å². The maximum Gasteiger partial charge on any atom is 0.334 e. The monoisotopic (exact) mass is 389 g/mol. The third-order valence-corrected chi connectivity index (χ3v) is 9.37. The quantitative estimate of drug-likeness (QED) is 0.377. The number of hydrogen-bond donors (Lipinski definition) is 0. The Kier molecular flexibility index (Phi) is 13.2. The van der Waals surface area contributed by atoms with Crippen molar-refractivity contribution in [3.05, 3.63) is 0 Å². The van der Waals surface area contributed by atoms with Crippen molar-refractivity contribution in [2.75, 3.05) is 74.6 Å². The van der Waals surface area contributed by atoms with Crippen LogP contribution in [0.2, 0.25) is 12.6 Å². The molecular formula is C20H47N3O2Si. The molecule has 26 heavy (non-hydrogen) atoms. The summed E-state index contributed by atoms with van der Waals surface area (Å²) < 4.78 is 11.8. The highest BCUT2D eigenvalue weighted by Crippen LogP contribution is 2.40. The second-order valence-electron chi connectivity index (χ2n) is 8.16. The van der Waals surface area contributed by atoms with Crippen LogP contribution in [0.1, 0.15) is 40.0 Å². The second-order valence-corrected chi connectivity index (χ2v) is 11.6. The number of nitrogens with zero attached hydrogens (tertiary/aromatic N) is 3. The van der Waals surface area contributed by atoms with Crippen LogP contribution in [0, 0.1) is 5.41 Å². The normalized spacial score (nSPS) is 13.4. The maximum absolute atomic E-state index is 5.92. The average Bonchev–Trinajstić information content (AvgIpc) is 2.67. The molecule has 0 amide bonds. The summed E-state index contributed by atoms with van der Waals surface area (Å²) in [4.78, 5) is 7.29. The van der Waals surface area contributed by atoms with Gasteiger partial charge in [0.15, 0.2) is 0 Å². The zero-order valence-electron chi connectivity index (χ0n) is 19.2. The van der Waals surface area contributed by atoms with E-state index >= 15 is 0 Å². The van der Waals surface area contributed by atoms with Gasteiger partial charge in [0.2, 0.25) is 0 Å². The van der Waals surface area contributed by atoms with Crippen LogP contribution < -0.4 is 0 Å². The lowest BCUT2D eigenvalue weighted by molar-refractivity contribution is 0.139. The van der Waals surface area contributed by atoms with Crippen molar-refractivity contribution < 1.29 is 8.85 Å². The van der Waals surface area contributed by atoms with Gasteiger partial charge in [0.1, 0.15) is 0 Å². The molecule has 0 aromatic carbocycles. The van der Waals surface area contributed by atoms with Crippen LogP contribution in [0.25, 0.3) is 0 Å². The van der Waals surface area contributed by atoms with E-state index in [2.05, 4.69) is 63.2 Å². The first-order valence-corrected chi connectivity index (χ1v) is 12.9. The summed E-state index contributed by atoms with van der Waals surface area (Å²) in [5.41, 5.74) is 0.267. The van der Waals surface area contributed by atoms with E-state index in [1.54, 1.807) is 0 Å². The Morgan fingerprint density at radius 2 is 1.00 bits per heavy atom. The second kappa shape index (κ2) is 13.2. The minimum atomic E-state index is -2.13. The highest BCUT2D eigenvalue weighted by molar-refractivity contribution is 6.66. The Balaban J connectivity index is 5.47. The molecule has 0 fully saturated rings. The molecule has 0 spiro atoms. The predicted octanol–water partition coefficient (Wildman–Crippen LogP) is 3.36. The van der Waals surface area contributed by atoms with Crippen molar-refractivity contribution >= 4 is 8.56 Å². The van der Waals surface area contributed by atoms with Crippen molar-refractivity contribution in [2.45, 2.75) is 52.6 Å². The van der Waals surface area contributed by atoms with E-state index in [0.717, 1.165) is 45.3 Å². The van der Waals surface area contributed by atoms with E-state index in [1.807, 2.05) is 14.2 Å². The number of hydrogen-bond acceptors (Lipinski definition) is 5. The van der Waals surface area contributed by atoms with Gasteiger partial charge in [0, 0.05) is 14.2 Å². The average molecular weight is 390 g/mol. The van der Waals surface area contributed by atoms with Gasteiger partial charge in [0.05, 0.1) is 0 Å². The summed E-state index contributed by atoms with van der Waals surface area (Å²) in [5.74, 6) is 0. The smallest absolute Gasteiger partial charge is 0.334 e. The molecule has 0 aromatic heterocycles. The molecule has 0 radical (unpaired) electrons. The van der Waals surface area contributed by atoms with E-state index in [9.17, 15) is 0 Å². The summed E-state index contributed by atoms with van der Waals surface area (Å²) in [6, 6.07) is 1.07. The van der Waals surface area contributed by atoms with Gasteiger partial charge in [-0.15, -0.1) is 0 Å². The van der Waals surface area contributed by atoms with Crippen LogP contribution in [0.15, 0.2) is 0 Å². The van der Waals surface area contributed by atoms with Crippen molar-refractivity contribution in [1.82, 2.24) is 14.7 Å². The fourth-order valence-electron chi connectivity index (χ4n) is 3.31. The maximum atomic E-state index is 5.92. The van der Waals surface area contributed by atoms with Gasteiger partial charge in [-0.3, -0.25) is 0 Å². The highest BCUT2D eigenvalue weighted by Gasteiger charge is 2.41. The molecule has 0 heterocycles. The first kappa shape index (κ1) is 26.0. The van der Waals surface area contributed by atoms with E-state index < -0.39 is 8.56 Å². The van der Waals surface area contributed by atoms with Gasteiger partial charge < -0.3 is 23.6 Å². The lowest BCUT2D eigenvalue weighted by Gasteiger charge is -2.41. The molecule has 0 atom stereocenters. The minimum absolute atomic E-state index is 0.267. The van der Waals surface area contributed by atoms with Crippen LogP contribution in [0.5, 0.6) is 0 Å². The Morgan fingerprint density at radius 1 is 0.692 bits per heavy atom. The largest absolute Gasteiger partial charge is 0.398 e. The Morgan fingerprint density at radius 3 is 1.23 bits per heavy atom. The van der Waals surface area contributed by atoms with Crippen molar-refractivity contribution in [3.8, 4) is 0 Å². The molecule has 0 saturated carbocycles. The zero-order chi connectivity index (χ0) is 20.2. The van der Waals surface area contributed by atoms with Crippen LogP contribution >= 0.6 is 0 Å². The Bertz CT molecular complexity index is 318. The predicted molar refractivity (Wildman–Crippen MR) is 116 cm³/mol. The van der Waals surface area contributed by atoms with Crippen LogP contribution in [-0.4, -0.2) is 97.9 Å². The molecule has 0 N–H and O–H groups in total. The summed E-state index contributed by atoms with van der Waals surface area (Å²) in [6.45, 7) is 15.6. The van der Waals surface area contributed by atoms with Gasteiger partial charge >= 0.3 is 8.56 Å². The van der Waals surface area contributed by atoms with Crippen molar-refractivity contribution in [3.63, 3.8) is 0 Å². The molecule has 6 heteroatoms. The molecule has 0 saturated heterocycles. The van der Waals surface area contributed by atoms with E-state index in [4.69, 9.17) is 8.85 Å². The van der Waals surface area contributed by atoms with Crippen LogP contribution in [0.3, 0.4) is 0 Å². The molecule has 5 nitrogen and oxygen atoms in total. The molecule has 0 aliphatic heterocycles. The Hall–Kier alpha value is 0.0169. The molecule has 0 aliphatic rings. The molecular weight excluding hydrogens is 342 g/mol. The molecule has 158 valence electrons.